The number of aliphatic hydroxyl groups excluding tert-OH is 1. The molecule has 1 amide bonds. The molecule has 0 unspecified atom stereocenters. The van der Waals surface area contributed by atoms with Crippen LogP contribution in [0, 0.1) is 5.82 Å². The number of ether oxygens (including phenoxy) is 1. The number of imidazole rings is 1. The molecule has 3 rings (SSSR count). The molecular formula is C17H16BrFN4O4. The van der Waals surface area contributed by atoms with Crippen molar-refractivity contribution in [2.45, 2.75) is 13.0 Å². The van der Waals surface area contributed by atoms with Crippen LogP contribution in [0.25, 0.3) is 5.52 Å². The fraction of sp³-hybridized carbons (Fsp3) is 0.176. The van der Waals surface area contributed by atoms with Crippen LogP contribution in [0.2, 0.25) is 0 Å². The molecular weight excluding hydrogens is 423 g/mol. The highest BCUT2D eigenvalue weighted by atomic mass is 79.9. The van der Waals surface area contributed by atoms with Crippen molar-refractivity contribution < 1.29 is 23.9 Å². The Kier molecular flexibility index (Phi) is 5.89. The number of nitrogens with one attached hydrogen (secondary N) is 2. The zero-order valence-corrected chi connectivity index (χ0v) is 15.7. The zero-order chi connectivity index (χ0) is 19.4. The molecule has 0 bridgehead atoms. The Hall–Kier alpha value is -2.69. The van der Waals surface area contributed by atoms with Gasteiger partial charge in [-0.2, -0.15) is 5.48 Å². The lowest BCUT2D eigenvalue weighted by molar-refractivity contribution is -0.00419. The highest BCUT2D eigenvalue weighted by molar-refractivity contribution is 9.10. The molecule has 10 heteroatoms. The van der Waals surface area contributed by atoms with Gasteiger partial charge in [-0.15, -0.1) is 0 Å². The Morgan fingerprint density at radius 3 is 2.96 bits per heavy atom. The van der Waals surface area contributed by atoms with Crippen LogP contribution < -0.4 is 15.5 Å². The van der Waals surface area contributed by atoms with Crippen LogP contribution in [0.1, 0.15) is 6.92 Å². The molecule has 0 aliphatic rings. The normalized spacial score (nSPS) is 12.0. The number of rotatable bonds is 6. The first-order valence-corrected chi connectivity index (χ1v) is 8.68. The number of hydrogen-bond acceptors (Lipinski definition) is 6. The van der Waals surface area contributed by atoms with Crippen molar-refractivity contribution in [3.63, 3.8) is 0 Å². The van der Waals surface area contributed by atoms with E-state index in [1.54, 1.807) is 34.9 Å². The molecule has 0 aliphatic heterocycles. The van der Waals surface area contributed by atoms with Crippen molar-refractivity contribution in [3.8, 4) is 5.75 Å². The van der Waals surface area contributed by atoms with Crippen LogP contribution in [0.3, 0.4) is 0 Å². The first-order valence-electron chi connectivity index (χ1n) is 7.89. The minimum Gasteiger partial charge on any atom is -0.405 e. The van der Waals surface area contributed by atoms with Gasteiger partial charge in [0.1, 0.15) is 18.8 Å². The van der Waals surface area contributed by atoms with E-state index in [0.717, 1.165) is 0 Å². The number of carbonyl (C=O) groups excluding carboxylic acids is 1. The molecule has 1 aromatic carbocycles. The molecule has 1 atom stereocenters. The van der Waals surface area contributed by atoms with Gasteiger partial charge in [-0.1, -0.05) is 15.9 Å². The summed E-state index contributed by atoms with van der Waals surface area (Å²) in [6.45, 7) is 1.42. The Morgan fingerprint density at radius 2 is 2.22 bits per heavy atom. The predicted octanol–water partition coefficient (Wildman–Crippen LogP) is 3.38. The Bertz CT molecular complexity index is 963. The fourth-order valence-electron chi connectivity index (χ4n) is 2.24. The van der Waals surface area contributed by atoms with E-state index in [4.69, 9.17) is 14.7 Å². The summed E-state index contributed by atoms with van der Waals surface area (Å²) in [5.41, 5.74) is 2.97. The lowest BCUT2D eigenvalue weighted by Crippen LogP contribution is -2.30. The van der Waals surface area contributed by atoms with Crippen molar-refractivity contribution >= 4 is 39.0 Å². The first kappa shape index (κ1) is 19.1. The summed E-state index contributed by atoms with van der Waals surface area (Å²) < 4.78 is 21.7. The number of pyridine rings is 1. The second-order valence-corrected chi connectivity index (χ2v) is 6.55. The van der Waals surface area contributed by atoms with E-state index in [1.165, 1.54) is 19.3 Å². The standard InChI is InChI=1S/C17H16BrFN4O4/c1-10(24)8-26-22-17(25)27-15-5-3-12-7-20-9-23(12)16(15)21-14-4-2-11(18)6-13(14)19/h2-7,9-10,21,24H,8H2,1H3,(H,22,25)/t10-/m0/s1. The van der Waals surface area contributed by atoms with Crippen LogP contribution in [0.5, 0.6) is 5.75 Å². The predicted molar refractivity (Wildman–Crippen MR) is 99.4 cm³/mol. The first-order chi connectivity index (χ1) is 12.9. The topological polar surface area (TPSA) is 97.1 Å². The van der Waals surface area contributed by atoms with E-state index >= 15 is 0 Å². The molecule has 27 heavy (non-hydrogen) atoms. The van der Waals surface area contributed by atoms with Gasteiger partial charge in [0.2, 0.25) is 0 Å². The number of anilines is 2. The molecule has 0 fully saturated rings. The van der Waals surface area contributed by atoms with E-state index in [2.05, 4.69) is 31.7 Å². The number of aliphatic hydroxyl groups is 1. The van der Waals surface area contributed by atoms with Crippen molar-refractivity contribution in [3.05, 3.63) is 53.1 Å². The summed E-state index contributed by atoms with van der Waals surface area (Å²) in [6.07, 6.45) is 1.47. The van der Waals surface area contributed by atoms with Crippen molar-refractivity contribution in [2.75, 3.05) is 11.9 Å². The molecule has 0 saturated carbocycles. The number of fused-ring (bicyclic) bond motifs is 1. The van der Waals surface area contributed by atoms with Gasteiger partial charge < -0.3 is 15.2 Å². The van der Waals surface area contributed by atoms with Crippen LogP contribution >= 0.6 is 15.9 Å². The van der Waals surface area contributed by atoms with Gasteiger partial charge in [-0.3, -0.25) is 9.24 Å². The SMILES string of the molecule is C[C@H](O)CONC(=O)Oc1ccc2cncn2c1Nc1ccc(Br)cc1F. The molecule has 0 saturated heterocycles. The van der Waals surface area contributed by atoms with E-state index in [0.29, 0.717) is 15.8 Å². The van der Waals surface area contributed by atoms with Gasteiger partial charge in [0, 0.05) is 4.47 Å². The van der Waals surface area contributed by atoms with Crippen molar-refractivity contribution in [2.24, 2.45) is 0 Å². The molecule has 8 nitrogen and oxygen atoms in total. The van der Waals surface area contributed by atoms with Crippen LogP contribution in [0.15, 0.2) is 47.3 Å². The summed E-state index contributed by atoms with van der Waals surface area (Å²) >= 11 is 3.20. The fourth-order valence-corrected chi connectivity index (χ4v) is 2.57. The van der Waals surface area contributed by atoms with E-state index in [9.17, 15) is 9.18 Å². The summed E-state index contributed by atoms with van der Waals surface area (Å²) in [7, 11) is 0. The van der Waals surface area contributed by atoms with Crippen LogP contribution in [0.4, 0.5) is 20.7 Å². The molecule has 3 aromatic rings. The maximum absolute atomic E-state index is 14.2. The summed E-state index contributed by atoms with van der Waals surface area (Å²) in [5.74, 6) is -0.0602. The number of hydrogen-bond donors (Lipinski definition) is 3. The van der Waals surface area contributed by atoms with Gasteiger partial charge in [0.05, 0.1) is 23.5 Å². The number of carbonyl (C=O) groups is 1. The molecule has 0 spiro atoms. The summed E-state index contributed by atoms with van der Waals surface area (Å²) in [4.78, 5) is 20.8. The lowest BCUT2D eigenvalue weighted by atomic mass is 10.3. The largest absolute Gasteiger partial charge is 0.436 e. The average Bonchev–Trinajstić information content (AvgIpc) is 3.07. The zero-order valence-electron chi connectivity index (χ0n) is 14.1. The number of hydroxylamine groups is 1. The van der Waals surface area contributed by atoms with E-state index < -0.39 is 18.0 Å². The molecule has 2 aromatic heterocycles. The summed E-state index contributed by atoms with van der Waals surface area (Å²) in [6, 6.07) is 7.77. The number of aromatic nitrogens is 2. The highest BCUT2D eigenvalue weighted by Gasteiger charge is 2.15. The van der Waals surface area contributed by atoms with E-state index in [-0.39, 0.29) is 18.0 Å². The maximum Gasteiger partial charge on any atom is 0.436 e. The minimum atomic E-state index is -0.894. The molecule has 0 aliphatic carbocycles. The molecule has 2 heterocycles. The van der Waals surface area contributed by atoms with Crippen LogP contribution in [-0.4, -0.2) is 33.3 Å². The van der Waals surface area contributed by atoms with Crippen LogP contribution in [-0.2, 0) is 4.84 Å². The summed E-state index contributed by atoms with van der Waals surface area (Å²) in [5, 5.41) is 12.0. The van der Waals surface area contributed by atoms with Gasteiger partial charge >= 0.3 is 6.09 Å². The maximum atomic E-state index is 14.2. The Labute approximate surface area is 162 Å². The molecule has 3 N–H and O–H groups in total. The highest BCUT2D eigenvalue weighted by Crippen LogP contribution is 2.31. The monoisotopic (exact) mass is 438 g/mol. The molecule has 0 radical (unpaired) electrons. The smallest absolute Gasteiger partial charge is 0.405 e. The van der Waals surface area contributed by atoms with Gasteiger partial charge in [-0.05, 0) is 37.3 Å². The number of benzene rings is 1. The molecule has 142 valence electrons. The minimum absolute atomic E-state index is 0.0924. The average molecular weight is 439 g/mol. The van der Waals surface area contributed by atoms with Gasteiger partial charge in [-0.25, -0.2) is 14.2 Å². The number of nitrogens with zero attached hydrogens (tertiary/aromatic N) is 2. The Balaban J connectivity index is 1.87. The second-order valence-electron chi connectivity index (χ2n) is 5.64. The third-order valence-electron chi connectivity index (χ3n) is 3.41. The lowest BCUT2D eigenvalue weighted by Gasteiger charge is -2.15. The van der Waals surface area contributed by atoms with Gasteiger partial charge in [0.15, 0.2) is 11.6 Å². The number of halogens is 2. The van der Waals surface area contributed by atoms with E-state index in [1.807, 2.05) is 0 Å². The third kappa shape index (κ3) is 4.73. The van der Waals surface area contributed by atoms with Crippen molar-refractivity contribution in [1.82, 2.24) is 14.9 Å². The quantitative estimate of drug-likeness (QED) is 0.510. The number of amides is 1. The Morgan fingerprint density at radius 1 is 1.41 bits per heavy atom. The second kappa shape index (κ2) is 8.33. The van der Waals surface area contributed by atoms with Gasteiger partial charge in [0.25, 0.3) is 0 Å². The van der Waals surface area contributed by atoms with Crippen molar-refractivity contribution in [1.29, 1.82) is 0 Å². The third-order valence-corrected chi connectivity index (χ3v) is 3.91.